The van der Waals surface area contributed by atoms with Crippen molar-refractivity contribution in [3.05, 3.63) is 58.3 Å². The van der Waals surface area contributed by atoms with E-state index >= 15 is 0 Å². The first-order valence-electron chi connectivity index (χ1n) is 4.88. The minimum absolute atomic E-state index is 0.181. The van der Waals surface area contributed by atoms with Crippen molar-refractivity contribution in [2.45, 2.75) is 0 Å². The maximum absolute atomic E-state index is 12.9. The maximum Gasteiger partial charge on any atom is 0.153 e. The van der Waals surface area contributed by atoms with E-state index in [2.05, 4.69) is 15.9 Å². The summed E-state index contributed by atoms with van der Waals surface area (Å²) in [4.78, 5) is 10.8. The van der Waals surface area contributed by atoms with Crippen LogP contribution in [0.2, 0.25) is 0 Å². The molecule has 0 aliphatic carbocycles. The van der Waals surface area contributed by atoms with Crippen molar-refractivity contribution in [3.8, 4) is 11.5 Å². The summed E-state index contributed by atoms with van der Waals surface area (Å²) in [5, 5.41) is 0. The molecule has 2 rings (SSSR count). The second-order valence-corrected chi connectivity index (χ2v) is 4.19. The molecule has 4 heteroatoms. The van der Waals surface area contributed by atoms with Crippen molar-refractivity contribution in [2.75, 3.05) is 0 Å². The van der Waals surface area contributed by atoms with Crippen LogP contribution in [0.1, 0.15) is 10.4 Å². The largest absolute Gasteiger partial charge is 0.455 e. The van der Waals surface area contributed by atoms with Crippen LogP contribution in [0.15, 0.2) is 46.9 Å². The molecule has 0 fully saturated rings. The number of benzene rings is 2. The van der Waals surface area contributed by atoms with E-state index in [0.717, 1.165) is 10.5 Å². The van der Waals surface area contributed by atoms with Gasteiger partial charge >= 0.3 is 0 Å². The Hall–Kier alpha value is -1.68. The first kappa shape index (κ1) is 11.8. The number of carbonyl (C=O) groups excluding carboxylic acids is 1. The molecule has 0 heterocycles. The van der Waals surface area contributed by atoms with E-state index < -0.39 is 5.82 Å². The summed E-state index contributed by atoms with van der Waals surface area (Å²) < 4.78 is 19.2. The molecule has 0 amide bonds. The molecule has 86 valence electrons. The Labute approximate surface area is 106 Å². The van der Waals surface area contributed by atoms with Crippen molar-refractivity contribution in [1.29, 1.82) is 0 Å². The number of hydrogen-bond donors (Lipinski definition) is 0. The normalized spacial score (nSPS) is 10.0. The van der Waals surface area contributed by atoms with E-state index in [1.165, 1.54) is 12.1 Å². The van der Waals surface area contributed by atoms with Crippen molar-refractivity contribution in [1.82, 2.24) is 0 Å². The number of halogens is 2. The zero-order valence-electron chi connectivity index (χ0n) is 8.69. The third-order valence-corrected chi connectivity index (χ3v) is 2.81. The van der Waals surface area contributed by atoms with Gasteiger partial charge in [-0.05, 0) is 46.3 Å². The van der Waals surface area contributed by atoms with Gasteiger partial charge < -0.3 is 4.74 Å². The Bertz CT molecular complexity index is 555. The highest BCUT2D eigenvalue weighted by Gasteiger charge is 2.07. The van der Waals surface area contributed by atoms with Crippen LogP contribution in [0, 0.1) is 5.82 Å². The summed E-state index contributed by atoms with van der Waals surface area (Å²) in [6, 6.07) is 11.0. The highest BCUT2D eigenvalue weighted by molar-refractivity contribution is 9.10. The van der Waals surface area contributed by atoms with E-state index in [4.69, 9.17) is 4.74 Å². The Morgan fingerprint density at radius 3 is 2.59 bits per heavy atom. The van der Waals surface area contributed by atoms with Gasteiger partial charge in [0.05, 0.1) is 10.0 Å². The second kappa shape index (κ2) is 5.10. The summed E-state index contributed by atoms with van der Waals surface area (Å²) in [7, 11) is 0. The van der Waals surface area contributed by atoms with Crippen LogP contribution in [-0.4, -0.2) is 6.29 Å². The van der Waals surface area contributed by atoms with Crippen molar-refractivity contribution >= 4 is 22.2 Å². The van der Waals surface area contributed by atoms with Crippen LogP contribution in [0.25, 0.3) is 0 Å². The van der Waals surface area contributed by atoms with Gasteiger partial charge in [-0.1, -0.05) is 12.1 Å². The van der Waals surface area contributed by atoms with Crippen LogP contribution in [0.5, 0.6) is 11.5 Å². The molecule has 2 nitrogen and oxygen atoms in total. The molecule has 0 saturated heterocycles. The quantitative estimate of drug-likeness (QED) is 0.793. The highest BCUT2D eigenvalue weighted by Crippen LogP contribution is 2.30. The molecule has 0 N–H and O–H groups in total. The third kappa shape index (κ3) is 2.71. The molecule has 0 aliphatic heterocycles. The lowest BCUT2D eigenvalue weighted by molar-refractivity contribution is 0.112. The molecule has 17 heavy (non-hydrogen) atoms. The first-order valence-corrected chi connectivity index (χ1v) is 5.67. The molecule has 0 atom stereocenters. The van der Waals surface area contributed by atoms with Gasteiger partial charge in [0, 0.05) is 0 Å². The molecular weight excluding hydrogens is 287 g/mol. The van der Waals surface area contributed by atoms with E-state index in [0.29, 0.717) is 17.8 Å². The summed E-state index contributed by atoms with van der Waals surface area (Å²) in [5.74, 6) is 0.432. The topological polar surface area (TPSA) is 26.3 Å². The Morgan fingerprint density at radius 1 is 1.12 bits per heavy atom. The van der Waals surface area contributed by atoms with Gasteiger partial charge in [-0.15, -0.1) is 0 Å². The van der Waals surface area contributed by atoms with Crippen LogP contribution in [0.3, 0.4) is 0 Å². The molecule has 0 radical (unpaired) electrons. The summed E-state index contributed by atoms with van der Waals surface area (Å²) >= 11 is 3.33. The smallest absolute Gasteiger partial charge is 0.153 e. The third-order valence-electron chi connectivity index (χ3n) is 2.16. The van der Waals surface area contributed by atoms with Gasteiger partial charge in [-0.25, -0.2) is 4.39 Å². The maximum atomic E-state index is 12.9. The Kier molecular flexibility index (Phi) is 3.54. The predicted octanol–water partition coefficient (Wildman–Crippen LogP) is 4.19. The van der Waals surface area contributed by atoms with E-state index in [1.807, 2.05) is 18.2 Å². The zero-order chi connectivity index (χ0) is 12.3. The van der Waals surface area contributed by atoms with Crippen molar-refractivity contribution < 1.29 is 13.9 Å². The lowest BCUT2D eigenvalue weighted by atomic mass is 10.2. The van der Waals surface area contributed by atoms with Gasteiger partial charge in [-0.3, -0.25) is 4.79 Å². The van der Waals surface area contributed by atoms with Crippen LogP contribution >= 0.6 is 15.9 Å². The fraction of sp³-hybridized carbons (Fsp3) is 0. The average molecular weight is 295 g/mol. The standard InChI is InChI=1S/C13H8BrFO2/c14-11-3-1-2-4-13(11)17-12-6-5-10(15)7-9(12)8-16/h1-8H. The zero-order valence-corrected chi connectivity index (χ0v) is 10.3. The van der Waals surface area contributed by atoms with Crippen LogP contribution in [0.4, 0.5) is 4.39 Å². The number of ether oxygens (including phenoxy) is 1. The van der Waals surface area contributed by atoms with Gasteiger partial charge in [0.2, 0.25) is 0 Å². The molecule has 0 saturated carbocycles. The number of carbonyl (C=O) groups is 1. The predicted molar refractivity (Wildman–Crippen MR) is 66.0 cm³/mol. The lowest BCUT2D eigenvalue weighted by Gasteiger charge is -2.09. The fourth-order valence-corrected chi connectivity index (χ4v) is 1.72. The molecular formula is C13H8BrFO2. The molecule has 0 bridgehead atoms. The van der Waals surface area contributed by atoms with Gasteiger partial charge in [0.1, 0.15) is 17.3 Å². The second-order valence-electron chi connectivity index (χ2n) is 3.33. The number of hydrogen-bond acceptors (Lipinski definition) is 2. The van der Waals surface area contributed by atoms with Crippen molar-refractivity contribution in [3.63, 3.8) is 0 Å². The Morgan fingerprint density at radius 2 is 1.88 bits per heavy atom. The summed E-state index contributed by atoms with van der Waals surface area (Å²) in [6.07, 6.45) is 0.565. The summed E-state index contributed by atoms with van der Waals surface area (Å²) in [6.45, 7) is 0. The average Bonchev–Trinajstić information content (AvgIpc) is 2.34. The van der Waals surface area contributed by atoms with Crippen LogP contribution in [-0.2, 0) is 0 Å². The van der Waals surface area contributed by atoms with Gasteiger partial charge in [0.15, 0.2) is 6.29 Å². The minimum atomic E-state index is -0.466. The van der Waals surface area contributed by atoms with E-state index in [9.17, 15) is 9.18 Å². The minimum Gasteiger partial charge on any atom is -0.455 e. The Balaban J connectivity index is 2.36. The first-order chi connectivity index (χ1) is 8.20. The lowest BCUT2D eigenvalue weighted by Crippen LogP contribution is -1.92. The summed E-state index contributed by atoms with van der Waals surface area (Å²) in [5.41, 5.74) is 0.181. The fourth-order valence-electron chi connectivity index (χ4n) is 1.35. The SMILES string of the molecule is O=Cc1cc(F)ccc1Oc1ccccc1Br. The number of para-hydroxylation sites is 1. The van der Waals surface area contributed by atoms with Crippen molar-refractivity contribution in [2.24, 2.45) is 0 Å². The monoisotopic (exact) mass is 294 g/mol. The van der Waals surface area contributed by atoms with E-state index in [1.54, 1.807) is 6.07 Å². The number of rotatable bonds is 3. The van der Waals surface area contributed by atoms with Crippen LogP contribution < -0.4 is 4.74 Å². The van der Waals surface area contributed by atoms with Gasteiger partial charge in [0.25, 0.3) is 0 Å². The van der Waals surface area contributed by atoms with Gasteiger partial charge in [-0.2, -0.15) is 0 Å². The molecule has 0 spiro atoms. The molecule has 0 aromatic heterocycles. The molecule has 2 aromatic rings. The molecule has 0 unspecified atom stereocenters. The van der Waals surface area contributed by atoms with E-state index in [-0.39, 0.29) is 5.56 Å². The highest BCUT2D eigenvalue weighted by atomic mass is 79.9. The number of aldehydes is 1. The molecule has 0 aliphatic rings. The molecule has 2 aromatic carbocycles.